The van der Waals surface area contributed by atoms with Crippen molar-refractivity contribution in [3.63, 3.8) is 0 Å². The predicted molar refractivity (Wildman–Crippen MR) is 213 cm³/mol. The summed E-state index contributed by atoms with van der Waals surface area (Å²) in [7, 11) is 0. The van der Waals surface area contributed by atoms with Gasteiger partial charge in [-0.25, -0.2) is 0 Å². The Labute approximate surface area is 317 Å². The first-order valence-electron chi connectivity index (χ1n) is 18.5. The number of rotatable bonds is 7. The maximum Gasteiger partial charge on any atom is 0.311 e. The van der Waals surface area contributed by atoms with Crippen molar-refractivity contribution in [1.29, 1.82) is 0 Å². The third-order valence-corrected chi connectivity index (χ3v) is 9.46. The van der Waals surface area contributed by atoms with Gasteiger partial charge in [0.05, 0.1) is 12.8 Å². The molecule has 6 aromatic rings. The average Bonchev–Trinajstić information content (AvgIpc) is 3.70. The van der Waals surface area contributed by atoms with E-state index in [1.807, 2.05) is 60.7 Å². The molecule has 0 saturated carbocycles. The summed E-state index contributed by atoms with van der Waals surface area (Å²) in [6.07, 6.45) is -0.414. The van der Waals surface area contributed by atoms with Crippen LogP contribution in [0.4, 0.5) is 0 Å². The van der Waals surface area contributed by atoms with Crippen molar-refractivity contribution < 1.29 is 19.1 Å². The largest absolute Gasteiger partial charge is 0.424 e. The molecular formula is C44H52N6O4. The van der Waals surface area contributed by atoms with Crippen molar-refractivity contribution in [2.45, 2.75) is 118 Å². The van der Waals surface area contributed by atoms with Gasteiger partial charge in [0.25, 0.3) is 0 Å². The van der Waals surface area contributed by atoms with E-state index in [0.717, 1.165) is 44.3 Å². The van der Waals surface area contributed by atoms with Crippen molar-refractivity contribution in [3.05, 3.63) is 95.1 Å². The summed E-state index contributed by atoms with van der Waals surface area (Å²) in [6.45, 7) is 25.3. The number of aromatic nitrogens is 6. The van der Waals surface area contributed by atoms with Crippen LogP contribution in [0.1, 0.15) is 118 Å². The van der Waals surface area contributed by atoms with Crippen LogP contribution < -0.4 is 9.47 Å². The van der Waals surface area contributed by atoms with E-state index in [1.165, 1.54) is 9.59 Å². The van der Waals surface area contributed by atoms with Crippen molar-refractivity contribution >= 4 is 34.0 Å². The van der Waals surface area contributed by atoms with Gasteiger partial charge in [0, 0.05) is 11.1 Å². The second-order valence-corrected chi connectivity index (χ2v) is 18.1. The summed E-state index contributed by atoms with van der Waals surface area (Å²) in [5.74, 6) is -0.418. The number of esters is 2. The van der Waals surface area contributed by atoms with Crippen molar-refractivity contribution in [2.24, 2.45) is 0 Å². The number of hydrogen-bond acceptors (Lipinski definition) is 8. The molecule has 0 saturated heterocycles. The second kappa shape index (κ2) is 13.8. The first-order valence-corrected chi connectivity index (χ1v) is 18.5. The molecule has 10 nitrogen and oxygen atoms in total. The van der Waals surface area contributed by atoms with Gasteiger partial charge in [-0.2, -0.15) is 0 Å². The van der Waals surface area contributed by atoms with E-state index in [0.29, 0.717) is 22.9 Å². The number of fused-ring (bicyclic) bond motifs is 2. The molecule has 10 heteroatoms. The maximum absolute atomic E-state index is 13.8. The van der Waals surface area contributed by atoms with Crippen LogP contribution in [-0.2, 0) is 31.2 Å². The van der Waals surface area contributed by atoms with Crippen LogP contribution in [0, 0.1) is 0 Å². The Hall–Kier alpha value is -5.38. The van der Waals surface area contributed by atoms with Crippen molar-refractivity contribution in [1.82, 2.24) is 30.0 Å². The SMILES string of the molecule is CC(C)(C)c1cc(-n2nc3ccccc3n2)c(OC(=O)CCC(=O)Oc2c(-n3nc4ccccc4n3)cc(C(C)(C)C)cc2C(C)(C)C)c(C(C)(C)C)c1. The number of carbonyl (C=O) groups is 2. The minimum Gasteiger partial charge on any atom is -0.424 e. The monoisotopic (exact) mass is 728 g/mol. The fourth-order valence-corrected chi connectivity index (χ4v) is 6.19. The molecule has 0 spiro atoms. The van der Waals surface area contributed by atoms with E-state index in [9.17, 15) is 9.59 Å². The molecule has 0 atom stereocenters. The molecule has 2 heterocycles. The summed E-state index contributed by atoms with van der Waals surface area (Å²) in [5.41, 5.74) is 6.54. The van der Waals surface area contributed by atoms with E-state index in [2.05, 4.69) is 95.2 Å². The lowest BCUT2D eigenvalue weighted by Gasteiger charge is -2.29. The molecule has 282 valence electrons. The van der Waals surface area contributed by atoms with Gasteiger partial charge in [0.1, 0.15) is 33.4 Å². The summed E-state index contributed by atoms with van der Waals surface area (Å²) >= 11 is 0. The lowest BCUT2D eigenvalue weighted by molar-refractivity contribution is -0.140. The normalized spacial score (nSPS) is 12.7. The molecule has 0 N–H and O–H groups in total. The van der Waals surface area contributed by atoms with Gasteiger partial charge in [-0.05, 0) is 69.2 Å². The van der Waals surface area contributed by atoms with E-state index in [1.54, 1.807) is 0 Å². The van der Waals surface area contributed by atoms with Gasteiger partial charge in [0.2, 0.25) is 0 Å². The number of ether oxygens (including phenoxy) is 2. The molecule has 0 bridgehead atoms. The van der Waals surface area contributed by atoms with Gasteiger partial charge in [-0.3, -0.25) is 9.59 Å². The predicted octanol–water partition coefficient (Wildman–Crippen LogP) is 9.64. The Morgan fingerprint density at radius 3 is 1.04 bits per heavy atom. The molecule has 0 unspecified atom stereocenters. The van der Waals surface area contributed by atoms with Gasteiger partial charge in [-0.15, -0.1) is 30.0 Å². The maximum atomic E-state index is 13.8. The summed E-state index contributed by atoms with van der Waals surface area (Å²) in [4.78, 5) is 30.6. The van der Waals surface area contributed by atoms with Crippen LogP contribution >= 0.6 is 0 Å². The third-order valence-electron chi connectivity index (χ3n) is 9.46. The quantitative estimate of drug-likeness (QED) is 0.118. The molecule has 2 aromatic heterocycles. The highest BCUT2D eigenvalue weighted by Crippen LogP contribution is 2.42. The van der Waals surface area contributed by atoms with Gasteiger partial charge < -0.3 is 9.47 Å². The summed E-state index contributed by atoms with van der Waals surface area (Å²) in [6, 6.07) is 23.4. The topological polar surface area (TPSA) is 114 Å². The standard InChI is InChI=1S/C44H52N6O4/c1-41(2,3)27-23-29(43(7,8)9)39(35(25-27)49-45-31-17-13-14-18-32(31)46-49)53-37(51)21-22-38(52)54-40-30(44(10,11)12)24-28(42(4,5)6)26-36(40)50-47-33-19-15-16-20-34(33)48-50/h13-20,23-26H,21-22H2,1-12H3. The average molecular weight is 729 g/mol. The van der Waals surface area contributed by atoms with E-state index in [4.69, 9.17) is 29.9 Å². The van der Waals surface area contributed by atoms with Crippen LogP contribution in [0.15, 0.2) is 72.8 Å². The zero-order valence-corrected chi connectivity index (χ0v) is 33.7. The molecule has 0 radical (unpaired) electrons. The molecule has 0 aliphatic heterocycles. The van der Waals surface area contributed by atoms with E-state index >= 15 is 0 Å². The Kier molecular flexibility index (Phi) is 9.80. The zero-order chi connectivity index (χ0) is 39.4. The number of nitrogens with zero attached hydrogens (tertiary/aromatic N) is 6. The lowest BCUT2D eigenvalue weighted by atomic mass is 9.79. The Morgan fingerprint density at radius 2 is 0.778 bits per heavy atom. The number of carbonyl (C=O) groups excluding carboxylic acids is 2. The molecule has 6 rings (SSSR count). The van der Waals surface area contributed by atoms with E-state index in [-0.39, 0.29) is 23.7 Å². The van der Waals surface area contributed by atoms with Crippen LogP contribution in [-0.4, -0.2) is 41.9 Å². The van der Waals surface area contributed by atoms with Gasteiger partial charge in [0.15, 0.2) is 11.5 Å². The number of benzene rings is 4. The molecule has 4 aromatic carbocycles. The molecule has 0 fully saturated rings. The minimum atomic E-state index is -0.571. The highest BCUT2D eigenvalue weighted by molar-refractivity contribution is 5.82. The highest BCUT2D eigenvalue weighted by Gasteiger charge is 2.31. The fraction of sp³-hybridized carbons (Fsp3) is 0.409. The molecular weight excluding hydrogens is 677 g/mol. The summed E-state index contributed by atoms with van der Waals surface area (Å²) in [5, 5.41) is 19.0. The highest BCUT2D eigenvalue weighted by atomic mass is 16.5. The van der Waals surface area contributed by atoms with Crippen molar-refractivity contribution in [2.75, 3.05) is 0 Å². The fourth-order valence-electron chi connectivity index (χ4n) is 6.19. The molecule has 54 heavy (non-hydrogen) atoms. The Balaban J connectivity index is 1.34. The first-order chi connectivity index (χ1) is 25.1. The van der Waals surface area contributed by atoms with Gasteiger partial charge in [-0.1, -0.05) is 119 Å². The van der Waals surface area contributed by atoms with Crippen LogP contribution in [0.2, 0.25) is 0 Å². The minimum absolute atomic E-state index is 0.206. The second-order valence-electron chi connectivity index (χ2n) is 18.1. The summed E-state index contributed by atoms with van der Waals surface area (Å²) < 4.78 is 12.4. The van der Waals surface area contributed by atoms with Crippen LogP contribution in [0.5, 0.6) is 11.5 Å². The molecule has 0 aliphatic carbocycles. The first kappa shape index (κ1) is 38.3. The van der Waals surface area contributed by atoms with Crippen LogP contribution in [0.25, 0.3) is 33.4 Å². The lowest BCUT2D eigenvalue weighted by Crippen LogP contribution is -2.23. The third kappa shape index (κ3) is 8.07. The number of hydrogen-bond donors (Lipinski definition) is 0. The van der Waals surface area contributed by atoms with E-state index < -0.39 is 22.8 Å². The Bertz CT molecular complexity index is 2140. The molecule has 0 aliphatic rings. The van der Waals surface area contributed by atoms with Gasteiger partial charge >= 0.3 is 11.9 Å². The Morgan fingerprint density at radius 1 is 0.481 bits per heavy atom. The zero-order valence-electron chi connectivity index (χ0n) is 33.7. The smallest absolute Gasteiger partial charge is 0.311 e. The van der Waals surface area contributed by atoms with Crippen LogP contribution in [0.3, 0.4) is 0 Å². The van der Waals surface area contributed by atoms with Crippen molar-refractivity contribution in [3.8, 4) is 22.9 Å². The molecule has 0 amide bonds.